The molecule has 0 radical (unpaired) electrons. The van der Waals surface area contributed by atoms with Crippen LogP contribution in [0, 0.1) is 0 Å². The lowest BCUT2D eigenvalue weighted by atomic mass is 9.96. The van der Waals surface area contributed by atoms with Gasteiger partial charge in [0.1, 0.15) is 5.75 Å². The second kappa shape index (κ2) is 11.1. The Morgan fingerprint density at radius 3 is 2.33 bits per heavy atom. The molecule has 21 heavy (non-hydrogen) atoms. The van der Waals surface area contributed by atoms with Gasteiger partial charge in [-0.3, -0.25) is 4.79 Å². The van der Waals surface area contributed by atoms with Gasteiger partial charge in [-0.2, -0.15) is 0 Å². The molecule has 0 aliphatic heterocycles. The first-order chi connectivity index (χ1) is 10.1. The molecular weight excluding hydrogens is 276 g/mol. The van der Waals surface area contributed by atoms with E-state index in [1.807, 2.05) is 19.1 Å². The van der Waals surface area contributed by atoms with Crippen molar-refractivity contribution in [1.29, 1.82) is 0 Å². The number of rotatable bonds is 7. The van der Waals surface area contributed by atoms with E-state index in [1.54, 1.807) is 20.3 Å². The summed E-state index contributed by atoms with van der Waals surface area (Å²) in [6.07, 6.45) is -0.540. The van der Waals surface area contributed by atoms with E-state index in [-0.39, 0.29) is 13.1 Å². The van der Waals surface area contributed by atoms with Crippen LogP contribution in [0.15, 0.2) is 18.2 Å². The van der Waals surface area contributed by atoms with Crippen LogP contribution in [-0.4, -0.2) is 50.9 Å². The van der Waals surface area contributed by atoms with Crippen LogP contribution in [0.25, 0.3) is 0 Å². The molecule has 2 unspecified atom stereocenters. The highest BCUT2D eigenvalue weighted by atomic mass is 16.6. The van der Waals surface area contributed by atoms with Gasteiger partial charge < -0.3 is 24.4 Å². The maximum atomic E-state index is 10.2. The molecular formula is C15H24O6. The Kier molecular flexibility index (Phi) is 10.2. The fourth-order valence-electron chi connectivity index (χ4n) is 1.78. The normalized spacial score (nSPS) is 12.7. The van der Waals surface area contributed by atoms with Crippen LogP contribution < -0.4 is 4.74 Å². The van der Waals surface area contributed by atoms with Crippen molar-refractivity contribution >= 4 is 6.47 Å². The van der Waals surface area contributed by atoms with E-state index < -0.39 is 12.2 Å². The number of ether oxygens (including phenoxy) is 3. The van der Waals surface area contributed by atoms with E-state index in [0.29, 0.717) is 11.3 Å². The lowest BCUT2D eigenvalue weighted by molar-refractivity contribution is -0.157. The number of hydrogen-bond donors (Lipinski definition) is 2. The molecule has 6 heteroatoms. The zero-order valence-corrected chi connectivity index (χ0v) is 12.9. The highest BCUT2D eigenvalue weighted by Gasteiger charge is 2.25. The largest absolute Gasteiger partial charge is 0.496 e. The summed E-state index contributed by atoms with van der Waals surface area (Å²) in [6, 6.07) is 5.48. The van der Waals surface area contributed by atoms with Gasteiger partial charge in [0.25, 0.3) is 6.47 Å². The zero-order valence-electron chi connectivity index (χ0n) is 12.9. The number of methoxy groups -OCH3 is 2. The van der Waals surface area contributed by atoms with Crippen molar-refractivity contribution in [2.75, 3.05) is 27.9 Å². The second-order valence-electron chi connectivity index (χ2n) is 4.25. The molecule has 0 amide bonds. The Morgan fingerprint density at radius 2 is 1.90 bits per heavy atom. The third-order valence-electron chi connectivity index (χ3n) is 2.84. The Labute approximate surface area is 125 Å². The van der Waals surface area contributed by atoms with Gasteiger partial charge >= 0.3 is 0 Å². The number of benzene rings is 1. The number of aliphatic hydroxyl groups is 2. The molecule has 0 heterocycles. The van der Waals surface area contributed by atoms with E-state index in [1.165, 1.54) is 7.11 Å². The number of aliphatic hydroxyl groups excluding tert-OH is 2. The summed E-state index contributed by atoms with van der Waals surface area (Å²) < 4.78 is 13.9. The summed E-state index contributed by atoms with van der Waals surface area (Å²) in [5.41, 5.74) is 1.68. The smallest absolute Gasteiger partial charge is 0.295 e. The number of carbonyl (C=O) groups excluding carboxylic acids is 1. The van der Waals surface area contributed by atoms with Crippen molar-refractivity contribution in [3.8, 4) is 5.75 Å². The summed E-state index contributed by atoms with van der Waals surface area (Å²) in [7, 11) is 4.76. The Bertz CT molecular complexity index is 407. The Morgan fingerprint density at radius 1 is 1.29 bits per heavy atom. The van der Waals surface area contributed by atoms with E-state index in [2.05, 4.69) is 9.47 Å². The summed E-state index contributed by atoms with van der Waals surface area (Å²) in [6.45, 7) is 1.82. The van der Waals surface area contributed by atoms with E-state index >= 15 is 0 Å². The molecule has 0 bridgehead atoms. The highest BCUT2D eigenvalue weighted by Crippen LogP contribution is 2.30. The van der Waals surface area contributed by atoms with Crippen molar-refractivity contribution in [3.05, 3.63) is 29.3 Å². The average molecular weight is 300 g/mol. The molecule has 0 saturated heterocycles. The predicted octanol–water partition coefficient (Wildman–Crippen LogP) is 1.09. The maximum absolute atomic E-state index is 10.2. The lowest BCUT2D eigenvalue weighted by Gasteiger charge is -2.22. The van der Waals surface area contributed by atoms with Crippen molar-refractivity contribution in [2.24, 2.45) is 0 Å². The van der Waals surface area contributed by atoms with E-state index in [0.717, 1.165) is 12.0 Å². The van der Waals surface area contributed by atoms with Crippen molar-refractivity contribution in [3.63, 3.8) is 0 Å². The van der Waals surface area contributed by atoms with Gasteiger partial charge in [0.15, 0.2) is 0 Å². The van der Waals surface area contributed by atoms with Gasteiger partial charge in [0.2, 0.25) is 6.29 Å². The minimum Gasteiger partial charge on any atom is -0.496 e. The fourth-order valence-corrected chi connectivity index (χ4v) is 1.78. The summed E-state index contributed by atoms with van der Waals surface area (Å²) >= 11 is 0. The number of carbonyl (C=O) groups is 1. The Balaban J connectivity index is 0.00000122. The first-order valence-corrected chi connectivity index (χ1v) is 6.54. The van der Waals surface area contributed by atoms with Crippen molar-refractivity contribution < 1.29 is 29.2 Å². The lowest BCUT2D eigenvalue weighted by Crippen LogP contribution is -2.25. The van der Waals surface area contributed by atoms with E-state index in [4.69, 9.17) is 4.74 Å². The molecule has 1 aromatic rings. The minimum atomic E-state index is -1.39. The predicted molar refractivity (Wildman–Crippen MR) is 78.3 cm³/mol. The standard InChI is InChI=1S/C13H18O5.C2H6O/c1-3-9-4-5-10(12(6-9)17-2)11(7-14)13(16)18-8-15;1-3-2/h4-6,8,11,13-14,16H,3,7H2,1-2H3;1-2H3. The van der Waals surface area contributed by atoms with Gasteiger partial charge in [0.05, 0.1) is 19.6 Å². The maximum Gasteiger partial charge on any atom is 0.295 e. The molecule has 120 valence electrons. The molecule has 0 aromatic heterocycles. The molecule has 2 N–H and O–H groups in total. The van der Waals surface area contributed by atoms with Crippen LogP contribution >= 0.6 is 0 Å². The topological polar surface area (TPSA) is 85.2 Å². The molecule has 1 rings (SSSR count). The van der Waals surface area contributed by atoms with Gasteiger partial charge in [-0.05, 0) is 18.1 Å². The van der Waals surface area contributed by atoms with Crippen LogP contribution in [0.2, 0.25) is 0 Å². The first-order valence-electron chi connectivity index (χ1n) is 6.54. The first kappa shape index (κ1) is 19.4. The van der Waals surface area contributed by atoms with Crippen LogP contribution in [0.4, 0.5) is 0 Å². The van der Waals surface area contributed by atoms with Gasteiger partial charge in [-0.1, -0.05) is 19.1 Å². The second-order valence-corrected chi connectivity index (χ2v) is 4.25. The van der Waals surface area contributed by atoms with Crippen LogP contribution in [0.3, 0.4) is 0 Å². The highest BCUT2D eigenvalue weighted by molar-refractivity contribution is 5.42. The van der Waals surface area contributed by atoms with Gasteiger partial charge in [0, 0.05) is 19.8 Å². The molecule has 0 aliphatic rings. The number of aryl methyl sites for hydroxylation is 1. The molecule has 0 saturated carbocycles. The summed E-state index contributed by atoms with van der Waals surface area (Å²) in [5.74, 6) is -0.169. The quantitative estimate of drug-likeness (QED) is 0.579. The van der Waals surface area contributed by atoms with Crippen molar-refractivity contribution in [1.82, 2.24) is 0 Å². The summed E-state index contributed by atoms with van der Waals surface area (Å²) in [4.78, 5) is 10.2. The Hall–Kier alpha value is -1.63. The SMILES string of the molecule is CCc1ccc(C(CO)C(O)OC=O)c(OC)c1.COC. The monoisotopic (exact) mass is 300 g/mol. The average Bonchev–Trinajstić information content (AvgIpc) is 2.49. The minimum absolute atomic E-state index is 0.153. The molecule has 0 aliphatic carbocycles. The van der Waals surface area contributed by atoms with Crippen LogP contribution in [0.1, 0.15) is 24.0 Å². The zero-order chi connectivity index (χ0) is 16.3. The molecule has 6 nitrogen and oxygen atoms in total. The fraction of sp³-hybridized carbons (Fsp3) is 0.533. The van der Waals surface area contributed by atoms with E-state index in [9.17, 15) is 15.0 Å². The third-order valence-corrected chi connectivity index (χ3v) is 2.84. The van der Waals surface area contributed by atoms with Crippen molar-refractivity contribution in [2.45, 2.75) is 25.6 Å². The molecule has 2 atom stereocenters. The molecule has 1 aromatic carbocycles. The van der Waals surface area contributed by atoms with Gasteiger partial charge in [-0.25, -0.2) is 0 Å². The summed E-state index contributed by atoms with van der Waals surface area (Å²) in [5, 5.41) is 19.0. The van der Waals surface area contributed by atoms with Gasteiger partial charge in [-0.15, -0.1) is 0 Å². The van der Waals surface area contributed by atoms with Crippen LogP contribution in [0.5, 0.6) is 5.75 Å². The third kappa shape index (κ3) is 6.12. The van der Waals surface area contributed by atoms with Crippen LogP contribution in [-0.2, 0) is 20.7 Å². The molecule has 0 spiro atoms. The number of hydrogen-bond acceptors (Lipinski definition) is 6. The molecule has 0 fully saturated rings.